The number of rotatable bonds is 3. The van der Waals surface area contributed by atoms with Crippen LogP contribution in [0.5, 0.6) is 0 Å². The van der Waals surface area contributed by atoms with Gasteiger partial charge in [0.05, 0.1) is 5.69 Å². The van der Waals surface area contributed by atoms with Gasteiger partial charge >= 0.3 is 0 Å². The van der Waals surface area contributed by atoms with Crippen molar-refractivity contribution in [1.29, 1.82) is 0 Å². The maximum atomic E-state index is 13.8. The van der Waals surface area contributed by atoms with Gasteiger partial charge in [-0.15, -0.1) is 0 Å². The predicted molar refractivity (Wildman–Crippen MR) is 89.4 cm³/mol. The van der Waals surface area contributed by atoms with Gasteiger partial charge in [0, 0.05) is 29.3 Å². The van der Waals surface area contributed by atoms with E-state index in [0.717, 1.165) is 30.4 Å². The number of benzene rings is 2. The Bertz CT molecular complexity index is 575. The number of hydrogen-bond acceptors (Lipinski definition) is 2. The second-order valence-corrected chi connectivity index (χ2v) is 6.19. The van der Waals surface area contributed by atoms with Crippen molar-refractivity contribution >= 4 is 27.3 Å². The van der Waals surface area contributed by atoms with E-state index in [-0.39, 0.29) is 5.82 Å². The standard InChI is InChI=1S/C17H18BrFN2/c18-15-7-4-8-16(19)17(15)20-13-9-11-21(12-10-13)14-5-2-1-3-6-14/h1-8,13,20H,9-12H2. The third kappa shape index (κ3) is 3.38. The number of hydrogen-bond donors (Lipinski definition) is 1. The van der Waals surface area contributed by atoms with Gasteiger partial charge in [-0.05, 0) is 53.0 Å². The van der Waals surface area contributed by atoms with E-state index in [2.05, 4.69) is 50.4 Å². The molecule has 3 rings (SSSR count). The van der Waals surface area contributed by atoms with E-state index in [1.165, 1.54) is 11.8 Å². The van der Waals surface area contributed by atoms with Crippen LogP contribution in [0.2, 0.25) is 0 Å². The SMILES string of the molecule is Fc1cccc(Br)c1NC1CCN(c2ccccc2)CC1. The van der Waals surface area contributed by atoms with Gasteiger partial charge in [-0.3, -0.25) is 0 Å². The van der Waals surface area contributed by atoms with Crippen LogP contribution in [0.25, 0.3) is 0 Å². The maximum Gasteiger partial charge on any atom is 0.147 e. The van der Waals surface area contributed by atoms with Gasteiger partial charge in [-0.2, -0.15) is 0 Å². The first kappa shape index (κ1) is 14.4. The molecular formula is C17H18BrFN2. The Morgan fingerprint density at radius 1 is 1.00 bits per heavy atom. The minimum absolute atomic E-state index is 0.199. The van der Waals surface area contributed by atoms with Crippen molar-refractivity contribution in [1.82, 2.24) is 0 Å². The van der Waals surface area contributed by atoms with Gasteiger partial charge in [0.15, 0.2) is 0 Å². The summed E-state index contributed by atoms with van der Waals surface area (Å²) in [6.45, 7) is 1.99. The quantitative estimate of drug-likeness (QED) is 0.866. The summed E-state index contributed by atoms with van der Waals surface area (Å²) in [7, 11) is 0. The molecule has 0 bridgehead atoms. The molecule has 1 aliphatic heterocycles. The van der Waals surface area contributed by atoms with Gasteiger partial charge in [0.1, 0.15) is 5.82 Å². The first-order chi connectivity index (χ1) is 10.2. The van der Waals surface area contributed by atoms with E-state index in [0.29, 0.717) is 11.7 Å². The molecule has 21 heavy (non-hydrogen) atoms. The zero-order chi connectivity index (χ0) is 14.7. The monoisotopic (exact) mass is 348 g/mol. The highest BCUT2D eigenvalue weighted by atomic mass is 79.9. The molecule has 1 aliphatic rings. The van der Waals surface area contributed by atoms with Crippen molar-refractivity contribution in [3.05, 3.63) is 58.8 Å². The molecule has 2 aromatic rings. The summed E-state index contributed by atoms with van der Waals surface area (Å²) in [6.07, 6.45) is 2.02. The van der Waals surface area contributed by atoms with Crippen molar-refractivity contribution in [3.8, 4) is 0 Å². The molecule has 110 valence electrons. The topological polar surface area (TPSA) is 15.3 Å². The Morgan fingerprint density at radius 2 is 1.71 bits per heavy atom. The minimum Gasteiger partial charge on any atom is -0.379 e. The molecule has 2 nitrogen and oxygen atoms in total. The number of nitrogens with zero attached hydrogens (tertiary/aromatic N) is 1. The van der Waals surface area contributed by atoms with Gasteiger partial charge in [-0.25, -0.2) is 4.39 Å². The zero-order valence-corrected chi connectivity index (χ0v) is 13.3. The summed E-state index contributed by atoms with van der Waals surface area (Å²) >= 11 is 3.41. The Morgan fingerprint density at radius 3 is 2.38 bits per heavy atom. The van der Waals surface area contributed by atoms with E-state index in [4.69, 9.17) is 0 Å². The Hall–Kier alpha value is -1.55. The molecule has 2 aromatic carbocycles. The first-order valence-electron chi connectivity index (χ1n) is 7.24. The molecule has 0 radical (unpaired) electrons. The number of para-hydroxylation sites is 2. The molecule has 1 saturated heterocycles. The van der Waals surface area contributed by atoms with Crippen LogP contribution in [-0.2, 0) is 0 Å². The first-order valence-corrected chi connectivity index (χ1v) is 8.04. The van der Waals surface area contributed by atoms with E-state index >= 15 is 0 Å². The molecule has 0 aromatic heterocycles. The third-order valence-corrected chi connectivity index (χ3v) is 4.59. The lowest BCUT2D eigenvalue weighted by Gasteiger charge is -2.34. The van der Waals surface area contributed by atoms with Gasteiger partial charge in [0.25, 0.3) is 0 Å². The third-order valence-electron chi connectivity index (χ3n) is 3.93. The van der Waals surface area contributed by atoms with E-state index in [1.54, 1.807) is 6.07 Å². The Labute approximate surface area is 133 Å². The maximum absolute atomic E-state index is 13.8. The smallest absolute Gasteiger partial charge is 0.147 e. The van der Waals surface area contributed by atoms with Crippen LogP contribution in [0.15, 0.2) is 53.0 Å². The molecule has 0 atom stereocenters. The summed E-state index contributed by atoms with van der Waals surface area (Å²) in [4.78, 5) is 2.38. The van der Waals surface area contributed by atoms with Gasteiger partial charge < -0.3 is 10.2 Å². The predicted octanol–water partition coefficient (Wildman–Crippen LogP) is 4.67. The molecule has 0 aliphatic carbocycles. The summed E-state index contributed by atoms with van der Waals surface area (Å²) in [5.74, 6) is -0.199. The molecule has 1 heterocycles. The largest absolute Gasteiger partial charge is 0.379 e. The van der Waals surface area contributed by atoms with Crippen LogP contribution in [0.4, 0.5) is 15.8 Å². The van der Waals surface area contributed by atoms with Gasteiger partial charge in [0.2, 0.25) is 0 Å². The number of piperidine rings is 1. The molecule has 0 unspecified atom stereocenters. The van der Waals surface area contributed by atoms with Crippen molar-refractivity contribution in [3.63, 3.8) is 0 Å². The molecule has 0 spiro atoms. The van der Waals surface area contributed by atoms with Crippen LogP contribution >= 0.6 is 15.9 Å². The normalized spacial score (nSPS) is 16.0. The van der Waals surface area contributed by atoms with E-state index < -0.39 is 0 Å². The summed E-state index contributed by atoms with van der Waals surface area (Å²) in [5, 5.41) is 3.34. The van der Waals surface area contributed by atoms with E-state index in [1.807, 2.05) is 12.1 Å². The average molecular weight is 349 g/mol. The number of halogens is 2. The fourth-order valence-corrected chi connectivity index (χ4v) is 3.22. The molecular weight excluding hydrogens is 331 g/mol. The number of nitrogens with one attached hydrogen (secondary N) is 1. The minimum atomic E-state index is -0.199. The fraction of sp³-hybridized carbons (Fsp3) is 0.294. The lowest BCUT2D eigenvalue weighted by molar-refractivity contribution is 0.522. The molecule has 4 heteroatoms. The van der Waals surface area contributed by atoms with Crippen molar-refractivity contribution < 1.29 is 4.39 Å². The van der Waals surface area contributed by atoms with Crippen LogP contribution < -0.4 is 10.2 Å². The fourth-order valence-electron chi connectivity index (χ4n) is 2.76. The lowest BCUT2D eigenvalue weighted by Crippen LogP contribution is -2.39. The second-order valence-electron chi connectivity index (χ2n) is 5.34. The molecule has 1 N–H and O–H groups in total. The highest BCUT2D eigenvalue weighted by molar-refractivity contribution is 9.10. The average Bonchev–Trinajstić information content (AvgIpc) is 2.53. The highest BCUT2D eigenvalue weighted by Gasteiger charge is 2.20. The van der Waals surface area contributed by atoms with Crippen molar-refractivity contribution in [2.24, 2.45) is 0 Å². The summed E-state index contributed by atoms with van der Waals surface area (Å²) < 4.78 is 14.6. The lowest BCUT2D eigenvalue weighted by atomic mass is 10.0. The van der Waals surface area contributed by atoms with E-state index in [9.17, 15) is 4.39 Å². The molecule has 0 saturated carbocycles. The zero-order valence-electron chi connectivity index (χ0n) is 11.7. The molecule has 1 fully saturated rings. The highest BCUT2D eigenvalue weighted by Crippen LogP contribution is 2.28. The van der Waals surface area contributed by atoms with Crippen molar-refractivity contribution in [2.45, 2.75) is 18.9 Å². The summed E-state index contributed by atoms with van der Waals surface area (Å²) in [6, 6.07) is 15.8. The number of anilines is 2. The van der Waals surface area contributed by atoms with Crippen LogP contribution in [0.1, 0.15) is 12.8 Å². The Balaban J connectivity index is 1.62. The van der Waals surface area contributed by atoms with Crippen molar-refractivity contribution in [2.75, 3.05) is 23.3 Å². The Kier molecular flexibility index (Phi) is 4.44. The van der Waals surface area contributed by atoms with Crippen LogP contribution in [0, 0.1) is 5.82 Å². The van der Waals surface area contributed by atoms with Crippen LogP contribution in [0.3, 0.4) is 0 Å². The van der Waals surface area contributed by atoms with Gasteiger partial charge in [-0.1, -0.05) is 24.3 Å². The van der Waals surface area contributed by atoms with Crippen LogP contribution in [-0.4, -0.2) is 19.1 Å². The summed E-state index contributed by atoms with van der Waals surface area (Å²) in [5.41, 5.74) is 1.85. The second kappa shape index (κ2) is 6.48. The molecule has 0 amide bonds.